The second-order valence-corrected chi connectivity index (χ2v) is 14.0. The van der Waals surface area contributed by atoms with Crippen LogP contribution in [0.4, 0.5) is 9.59 Å². The maximum Gasteiger partial charge on any atom is 0.407 e. The van der Waals surface area contributed by atoms with Gasteiger partial charge in [0.15, 0.2) is 0 Å². The van der Waals surface area contributed by atoms with Gasteiger partial charge in [0.25, 0.3) is 0 Å². The molecule has 0 aliphatic rings. The van der Waals surface area contributed by atoms with Gasteiger partial charge in [-0.1, -0.05) is 86.6 Å². The van der Waals surface area contributed by atoms with Crippen LogP contribution in [0, 0.1) is 5.92 Å². The van der Waals surface area contributed by atoms with Gasteiger partial charge in [0.2, 0.25) is 5.91 Å². The van der Waals surface area contributed by atoms with E-state index in [1.165, 1.54) is 9.80 Å². The van der Waals surface area contributed by atoms with Gasteiger partial charge in [0.05, 0.1) is 29.7 Å². The number of aromatic amines is 1. The Morgan fingerprint density at radius 1 is 0.880 bits per heavy atom. The quantitative estimate of drug-likeness (QED) is 0.131. The van der Waals surface area contributed by atoms with Crippen molar-refractivity contribution < 1.29 is 29.3 Å². The van der Waals surface area contributed by atoms with Gasteiger partial charge in [0.1, 0.15) is 29.7 Å². The maximum atomic E-state index is 14.6. The average Bonchev–Trinajstić information content (AvgIpc) is 3.47. The highest BCUT2D eigenvalue weighted by Crippen LogP contribution is 2.26. The fraction of sp³-hybridized carbons (Fsp3) is 0.421. The number of urea groups is 1. The van der Waals surface area contributed by atoms with Crippen molar-refractivity contribution >= 4 is 29.1 Å². The Bertz CT molecular complexity index is 1670. The number of ether oxygens (including phenoxy) is 1. The van der Waals surface area contributed by atoms with Crippen LogP contribution in [0.15, 0.2) is 84.9 Å². The summed E-state index contributed by atoms with van der Waals surface area (Å²) in [6, 6.07) is 21.9. The number of carbonyl (C=O) groups excluding carboxylic acids is 3. The number of para-hydroxylation sites is 2. The molecular formula is C38H50N6O6. The van der Waals surface area contributed by atoms with Crippen molar-refractivity contribution in [3.05, 3.63) is 102 Å². The summed E-state index contributed by atoms with van der Waals surface area (Å²) in [5.74, 6) is -0.705. The summed E-state index contributed by atoms with van der Waals surface area (Å²) in [6.45, 7) is 8.75. The number of nitrogens with zero attached hydrogens (tertiary/aromatic N) is 3. The van der Waals surface area contributed by atoms with E-state index >= 15 is 0 Å². The van der Waals surface area contributed by atoms with E-state index in [-0.39, 0.29) is 19.4 Å². The van der Waals surface area contributed by atoms with Crippen molar-refractivity contribution in [2.45, 2.75) is 89.9 Å². The third-order valence-electron chi connectivity index (χ3n) is 8.40. The summed E-state index contributed by atoms with van der Waals surface area (Å²) in [6.07, 6.45) is -3.86. The topological polar surface area (TPSA) is 174 Å². The van der Waals surface area contributed by atoms with E-state index in [9.17, 15) is 24.6 Å². The summed E-state index contributed by atoms with van der Waals surface area (Å²) in [5.41, 5.74) is 8.24. The molecule has 0 aliphatic carbocycles. The molecule has 5 atom stereocenters. The van der Waals surface area contributed by atoms with Crippen LogP contribution < -0.4 is 11.1 Å². The fourth-order valence-electron chi connectivity index (χ4n) is 6.11. The molecule has 1 aromatic heterocycles. The molecule has 4 amide bonds. The van der Waals surface area contributed by atoms with Gasteiger partial charge in [-0.3, -0.25) is 4.79 Å². The molecule has 0 bridgehead atoms. The van der Waals surface area contributed by atoms with Gasteiger partial charge >= 0.3 is 12.1 Å². The van der Waals surface area contributed by atoms with Gasteiger partial charge in [-0.25, -0.2) is 14.6 Å². The first kappa shape index (κ1) is 37.9. The molecule has 4 aromatic rings. The molecule has 0 spiro atoms. The Balaban J connectivity index is 1.76. The first-order chi connectivity index (χ1) is 23.6. The number of alkyl carbamates (subject to hydrolysis) is 1. The Labute approximate surface area is 293 Å². The molecule has 0 fully saturated rings. The average molecular weight is 687 g/mol. The summed E-state index contributed by atoms with van der Waals surface area (Å²) in [5, 5.41) is 26.9. The summed E-state index contributed by atoms with van der Waals surface area (Å²) < 4.78 is 5.50. The molecular weight excluding hydrogens is 636 g/mol. The van der Waals surface area contributed by atoms with Crippen molar-refractivity contribution in [2.24, 2.45) is 11.7 Å². The van der Waals surface area contributed by atoms with Gasteiger partial charge in [-0.05, 0) is 62.8 Å². The van der Waals surface area contributed by atoms with Crippen LogP contribution in [-0.4, -0.2) is 91.0 Å². The summed E-state index contributed by atoms with van der Waals surface area (Å²) >= 11 is 0. The largest absolute Gasteiger partial charge is 0.444 e. The highest BCUT2D eigenvalue weighted by atomic mass is 16.6. The molecule has 12 heteroatoms. The van der Waals surface area contributed by atoms with Crippen LogP contribution in [0.25, 0.3) is 11.0 Å². The van der Waals surface area contributed by atoms with Crippen molar-refractivity contribution in [3.63, 3.8) is 0 Å². The first-order valence-electron chi connectivity index (χ1n) is 16.8. The van der Waals surface area contributed by atoms with Gasteiger partial charge < -0.3 is 40.8 Å². The minimum Gasteiger partial charge on any atom is -0.444 e. The highest BCUT2D eigenvalue weighted by molar-refractivity contribution is 5.86. The molecule has 268 valence electrons. The molecule has 50 heavy (non-hydrogen) atoms. The molecule has 0 radical (unpaired) electrons. The molecule has 0 unspecified atom stereocenters. The molecule has 0 saturated heterocycles. The summed E-state index contributed by atoms with van der Waals surface area (Å²) in [7, 11) is 1.57. The number of aromatic nitrogens is 2. The molecule has 0 saturated carbocycles. The van der Waals surface area contributed by atoms with Crippen molar-refractivity contribution in [2.75, 3.05) is 7.05 Å². The number of H-pyrrole nitrogens is 1. The van der Waals surface area contributed by atoms with Gasteiger partial charge in [0, 0.05) is 7.05 Å². The Hall–Kier alpha value is -4.94. The molecule has 3 aromatic carbocycles. The third kappa shape index (κ3) is 10.1. The Kier molecular flexibility index (Phi) is 12.6. The number of carbonyl (C=O) groups is 3. The molecule has 0 aliphatic heterocycles. The van der Waals surface area contributed by atoms with Crippen molar-refractivity contribution in [1.29, 1.82) is 0 Å². The number of nitrogens with two attached hydrogens (primary N) is 1. The number of primary amides is 1. The zero-order valence-corrected chi connectivity index (χ0v) is 29.6. The number of amides is 4. The van der Waals surface area contributed by atoms with Crippen LogP contribution in [0.5, 0.6) is 0 Å². The van der Waals surface area contributed by atoms with Crippen LogP contribution in [0.1, 0.15) is 51.6 Å². The maximum absolute atomic E-state index is 14.6. The van der Waals surface area contributed by atoms with Crippen LogP contribution in [-0.2, 0) is 28.9 Å². The Morgan fingerprint density at radius 2 is 1.44 bits per heavy atom. The van der Waals surface area contributed by atoms with E-state index < -0.39 is 59.9 Å². The molecule has 6 N–H and O–H groups in total. The van der Waals surface area contributed by atoms with Crippen molar-refractivity contribution in [3.8, 4) is 0 Å². The summed E-state index contributed by atoms with van der Waals surface area (Å²) in [4.78, 5) is 51.3. The number of rotatable bonds is 14. The number of aliphatic hydroxyl groups is 2. The standard InChI is InChI=1S/C38H50N6O6/c1-24(2)32(35(39)47)44(37(49)43(6)23-31-40-27-19-13-14-20-28(27)41-31)30(22-26-17-11-8-12-18-26)34(46)33(45)29(21-25-15-9-7-10-16-25)42-36(48)50-38(3,4)5/h7-20,24,29-30,32-34,45-46H,21-23H2,1-6H3,(H2,39,47)(H,40,41)(H,42,48)/t29-,30+,32-,33+,34-/m0/s1. The number of benzene rings is 3. The number of hydrogen-bond acceptors (Lipinski definition) is 7. The molecule has 4 rings (SSSR count). The van der Waals surface area contributed by atoms with E-state index in [1.54, 1.807) is 41.7 Å². The second-order valence-electron chi connectivity index (χ2n) is 14.0. The normalized spacial score (nSPS) is 14.7. The SMILES string of the molecule is CC(C)[C@@H](C(N)=O)N(C(=O)N(C)Cc1nc2ccccc2[nH]1)[C@H](Cc1ccccc1)[C@H](O)[C@H](O)[C@H](Cc1ccccc1)NC(=O)OC(C)(C)C. The van der Waals surface area contributed by atoms with Crippen LogP contribution in [0.2, 0.25) is 0 Å². The van der Waals surface area contributed by atoms with Crippen molar-refractivity contribution in [1.82, 2.24) is 25.1 Å². The number of imidazole rings is 1. The second kappa shape index (κ2) is 16.6. The van der Waals surface area contributed by atoms with E-state index in [0.717, 1.165) is 22.2 Å². The molecule has 1 heterocycles. The first-order valence-corrected chi connectivity index (χ1v) is 16.8. The minimum atomic E-state index is -1.66. The van der Waals surface area contributed by atoms with E-state index in [1.807, 2.05) is 84.9 Å². The lowest BCUT2D eigenvalue weighted by atomic mass is 9.88. The van der Waals surface area contributed by atoms with E-state index in [4.69, 9.17) is 10.5 Å². The van der Waals surface area contributed by atoms with Gasteiger partial charge in [-0.2, -0.15) is 0 Å². The highest BCUT2D eigenvalue weighted by Gasteiger charge is 2.44. The number of aliphatic hydroxyl groups excluding tert-OH is 2. The Morgan fingerprint density at radius 3 is 1.98 bits per heavy atom. The lowest BCUT2D eigenvalue weighted by molar-refractivity contribution is -0.127. The number of nitrogens with one attached hydrogen (secondary N) is 2. The van der Waals surface area contributed by atoms with Crippen LogP contribution >= 0.6 is 0 Å². The smallest absolute Gasteiger partial charge is 0.407 e. The molecule has 12 nitrogen and oxygen atoms in total. The zero-order chi connectivity index (χ0) is 36.6. The van der Waals surface area contributed by atoms with E-state index in [0.29, 0.717) is 5.82 Å². The number of fused-ring (bicyclic) bond motifs is 1. The van der Waals surface area contributed by atoms with Crippen LogP contribution in [0.3, 0.4) is 0 Å². The predicted octanol–water partition coefficient (Wildman–Crippen LogP) is 4.40. The predicted molar refractivity (Wildman–Crippen MR) is 192 cm³/mol. The van der Waals surface area contributed by atoms with Gasteiger partial charge in [-0.15, -0.1) is 0 Å². The number of hydrogen-bond donors (Lipinski definition) is 5. The lowest BCUT2D eigenvalue weighted by Crippen LogP contribution is -2.64. The monoisotopic (exact) mass is 686 g/mol. The van der Waals surface area contributed by atoms with E-state index in [2.05, 4.69) is 15.3 Å². The lowest BCUT2D eigenvalue weighted by Gasteiger charge is -2.44. The minimum absolute atomic E-state index is 0.0567. The third-order valence-corrected chi connectivity index (χ3v) is 8.40. The fourth-order valence-corrected chi connectivity index (χ4v) is 6.11. The zero-order valence-electron chi connectivity index (χ0n) is 29.6.